The predicted molar refractivity (Wildman–Crippen MR) is 140 cm³/mol. The molecule has 0 aliphatic carbocycles. The molecule has 196 valence electrons. The van der Waals surface area contributed by atoms with Crippen LogP contribution in [0.5, 0.6) is 0 Å². The van der Waals surface area contributed by atoms with Gasteiger partial charge in [0.25, 0.3) is 0 Å². The van der Waals surface area contributed by atoms with Crippen molar-refractivity contribution in [2.24, 2.45) is 11.1 Å². The van der Waals surface area contributed by atoms with Crippen LogP contribution in [-0.2, 0) is 16.0 Å². The highest BCUT2D eigenvalue weighted by Crippen LogP contribution is 2.20. The number of hydrogen-bond acceptors (Lipinski definition) is 6. The first-order chi connectivity index (χ1) is 17.1. The SMILES string of the molecule is CC(C)(C(=O)NCCCN(CCO)CCO)C(=O)Nc1ccc(Cc2ccc(NC(N)=O)cc2)cc1. The first-order valence-electron chi connectivity index (χ1n) is 11.9. The van der Waals surface area contributed by atoms with Crippen molar-refractivity contribution in [3.63, 3.8) is 0 Å². The summed E-state index contributed by atoms with van der Waals surface area (Å²) in [5.74, 6) is -0.783. The van der Waals surface area contributed by atoms with E-state index >= 15 is 0 Å². The number of nitrogens with two attached hydrogens (primary N) is 1. The zero-order valence-corrected chi connectivity index (χ0v) is 20.9. The molecule has 7 N–H and O–H groups in total. The number of primary amides is 1. The number of rotatable bonds is 14. The number of carbonyl (C=O) groups is 3. The van der Waals surface area contributed by atoms with E-state index in [1.54, 1.807) is 38.1 Å². The normalized spacial score (nSPS) is 11.2. The van der Waals surface area contributed by atoms with E-state index in [0.29, 0.717) is 50.4 Å². The third kappa shape index (κ3) is 9.29. The molecule has 0 atom stereocenters. The monoisotopic (exact) mass is 499 g/mol. The molecule has 0 aromatic heterocycles. The Hall–Kier alpha value is -3.47. The molecule has 0 bridgehead atoms. The van der Waals surface area contributed by atoms with Gasteiger partial charge in [-0.05, 0) is 68.6 Å². The van der Waals surface area contributed by atoms with Crippen LogP contribution in [0.25, 0.3) is 0 Å². The molecule has 0 aliphatic heterocycles. The molecule has 0 heterocycles. The average Bonchev–Trinajstić information content (AvgIpc) is 2.84. The first-order valence-corrected chi connectivity index (χ1v) is 11.9. The molecule has 0 spiro atoms. The molecule has 2 aromatic rings. The molecular weight excluding hydrogens is 462 g/mol. The highest BCUT2D eigenvalue weighted by molar-refractivity contribution is 6.09. The molecule has 4 amide bonds. The van der Waals surface area contributed by atoms with E-state index in [0.717, 1.165) is 11.1 Å². The molecule has 0 saturated heterocycles. The number of benzene rings is 2. The Morgan fingerprint density at radius 3 is 1.78 bits per heavy atom. The van der Waals surface area contributed by atoms with Gasteiger partial charge < -0.3 is 31.9 Å². The summed E-state index contributed by atoms with van der Waals surface area (Å²) in [6.07, 6.45) is 1.31. The number of hydrogen-bond donors (Lipinski definition) is 6. The predicted octanol–water partition coefficient (Wildman–Crippen LogP) is 1.53. The lowest BCUT2D eigenvalue weighted by Crippen LogP contribution is -2.45. The summed E-state index contributed by atoms with van der Waals surface area (Å²) in [4.78, 5) is 38.3. The summed E-state index contributed by atoms with van der Waals surface area (Å²) in [7, 11) is 0. The van der Waals surface area contributed by atoms with Gasteiger partial charge in [-0.25, -0.2) is 4.79 Å². The Labute approximate surface area is 211 Å². The van der Waals surface area contributed by atoms with Crippen LogP contribution >= 0.6 is 0 Å². The van der Waals surface area contributed by atoms with Gasteiger partial charge in [0.15, 0.2) is 0 Å². The second kappa shape index (κ2) is 14.2. The topological polar surface area (TPSA) is 157 Å². The lowest BCUT2D eigenvalue weighted by Gasteiger charge is -2.24. The molecule has 0 aliphatic rings. The maximum absolute atomic E-state index is 12.8. The van der Waals surface area contributed by atoms with Crippen molar-refractivity contribution in [1.29, 1.82) is 0 Å². The fourth-order valence-electron chi connectivity index (χ4n) is 3.52. The zero-order valence-electron chi connectivity index (χ0n) is 20.9. The summed E-state index contributed by atoms with van der Waals surface area (Å²) in [6, 6.07) is 14.1. The van der Waals surface area contributed by atoms with Crippen LogP contribution in [0, 0.1) is 5.41 Å². The van der Waals surface area contributed by atoms with E-state index < -0.39 is 17.4 Å². The van der Waals surface area contributed by atoms with Crippen LogP contribution in [0.3, 0.4) is 0 Å². The molecule has 10 nitrogen and oxygen atoms in total. The highest BCUT2D eigenvalue weighted by Gasteiger charge is 2.35. The molecule has 0 saturated carbocycles. The van der Waals surface area contributed by atoms with Crippen LogP contribution in [-0.4, -0.2) is 72.4 Å². The smallest absolute Gasteiger partial charge is 0.316 e. The van der Waals surface area contributed by atoms with E-state index in [1.807, 2.05) is 29.2 Å². The van der Waals surface area contributed by atoms with Gasteiger partial charge in [-0.3, -0.25) is 14.5 Å². The molecule has 2 aromatic carbocycles. The lowest BCUT2D eigenvalue weighted by atomic mass is 9.91. The van der Waals surface area contributed by atoms with Crippen LogP contribution in [0.2, 0.25) is 0 Å². The van der Waals surface area contributed by atoms with Crippen molar-refractivity contribution in [2.75, 3.05) is 50.0 Å². The Balaban J connectivity index is 1.84. The molecule has 0 unspecified atom stereocenters. The van der Waals surface area contributed by atoms with E-state index in [-0.39, 0.29) is 19.1 Å². The zero-order chi connectivity index (χ0) is 26.6. The Morgan fingerprint density at radius 2 is 1.31 bits per heavy atom. The standard InChI is InChI=1S/C26H37N5O5/c1-26(2,23(34)28-12-3-13-31(14-16-32)15-17-33)24(35)29-21-8-4-19(5-9-21)18-20-6-10-22(11-7-20)30-25(27)36/h4-11,32-33H,3,12-18H2,1-2H3,(H,28,34)(H,29,35)(H3,27,30,36). The summed E-state index contributed by atoms with van der Waals surface area (Å²) in [5.41, 5.74) is 7.16. The Bertz CT molecular complexity index is 987. The number of amides is 4. The number of aliphatic hydroxyl groups excluding tert-OH is 2. The van der Waals surface area contributed by atoms with Crippen molar-refractivity contribution in [1.82, 2.24) is 10.2 Å². The first kappa shape index (κ1) is 28.8. The van der Waals surface area contributed by atoms with Crippen LogP contribution in [0.1, 0.15) is 31.4 Å². The van der Waals surface area contributed by atoms with E-state index in [4.69, 9.17) is 15.9 Å². The van der Waals surface area contributed by atoms with E-state index in [9.17, 15) is 14.4 Å². The van der Waals surface area contributed by atoms with Gasteiger partial charge in [0, 0.05) is 31.0 Å². The highest BCUT2D eigenvalue weighted by atomic mass is 16.3. The van der Waals surface area contributed by atoms with E-state index in [2.05, 4.69) is 16.0 Å². The average molecular weight is 500 g/mol. The quantitative estimate of drug-likeness (QED) is 0.171. The van der Waals surface area contributed by atoms with Gasteiger partial charge in [0.05, 0.1) is 13.2 Å². The number of urea groups is 1. The summed E-state index contributed by atoms with van der Waals surface area (Å²) < 4.78 is 0. The van der Waals surface area contributed by atoms with Gasteiger partial charge in [0.1, 0.15) is 5.41 Å². The maximum Gasteiger partial charge on any atom is 0.316 e. The number of anilines is 2. The van der Waals surface area contributed by atoms with Crippen molar-refractivity contribution >= 4 is 29.2 Å². The third-order valence-electron chi connectivity index (χ3n) is 5.75. The minimum atomic E-state index is -1.27. The minimum Gasteiger partial charge on any atom is -0.395 e. The van der Waals surface area contributed by atoms with Gasteiger partial charge >= 0.3 is 6.03 Å². The summed E-state index contributed by atoms with van der Waals surface area (Å²) >= 11 is 0. The van der Waals surface area contributed by atoms with Gasteiger partial charge in [-0.15, -0.1) is 0 Å². The second-order valence-corrected chi connectivity index (χ2v) is 9.04. The molecular formula is C26H37N5O5. The van der Waals surface area contributed by atoms with Gasteiger partial charge in [-0.1, -0.05) is 24.3 Å². The fraction of sp³-hybridized carbons (Fsp3) is 0.423. The fourth-order valence-corrected chi connectivity index (χ4v) is 3.52. The van der Waals surface area contributed by atoms with Crippen molar-refractivity contribution in [3.05, 3.63) is 59.7 Å². The van der Waals surface area contributed by atoms with Gasteiger partial charge in [-0.2, -0.15) is 0 Å². The molecule has 0 radical (unpaired) electrons. The Kier molecular flexibility index (Phi) is 11.3. The van der Waals surface area contributed by atoms with Crippen molar-refractivity contribution in [2.45, 2.75) is 26.7 Å². The maximum atomic E-state index is 12.8. The summed E-state index contributed by atoms with van der Waals surface area (Å²) in [6.45, 7) is 5.09. The van der Waals surface area contributed by atoms with E-state index in [1.165, 1.54) is 0 Å². The molecule has 36 heavy (non-hydrogen) atoms. The lowest BCUT2D eigenvalue weighted by molar-refractivity contribution is -0.138. The number of aliphatic hydroxyl groups is 2. The Morgan fingerprint density at radius 1 is 0.806 bits per heavy atom. The number of nitrogens with one attached hydrogen (secondary N) is 3. The molecule has 2 rings (SSSR count). The largest absolute Gasteiger partial charge is 0.395 e. The third-order valence-corrected chi connectivity index (χ3v) is 5.75. The minimum absolute atomic E-state index is 0.00373. The van der Waals surface area contributed by atoms with Crippen molar-refractivity contribution < 1.29 is 24.6 Å². The molecule has 0 fully saturated rings. The molecule has 10 heteroatoms. The van der Waals surface area contributed by atoms with Crippen LogP contribution in [0.4, 0.5) is 16.2 Å². The van der Waals surface area contributed by atoms with Crippen molar-refractivity contribution in [3.8, 4) is 0 Å². The van der Waals surface area contributed by atoms with Gasteiger partial charge in [0.2, 0.25) is 11.8 Å². The number of nitrogens with zero attached hydrogens (tertiary/aromatic N) is 1. The second-order valence-electron chi connectivity index (χ2n) is 9.04. The van der Waals surface area contributed by atoms with Crippen LogP contribution < -0.4 is 21.7 Å². The van der Waals surface area contributed by atoms with Crippen LogP contribution in [0.15, 0.2) is 48.5 Å². The summed E-state index contributed by atoms with van der Waals surface area (Å²) in [5, 5.41) is 26.2. The number of carbonyl (C=O) groups excluding carboxylic acids is 3.